The molecule has 0 heterocycles. The zero-order chi connectivity index (χ0) is 10.6. The first-order chi connectivity index (χ1) is 6.61. The number of hydrogen-bond donors (Lipinski definition) is 1. The summed E-state index contributed by atoms with van der Waals surface area (Å²) in [5.41, 5.74) is 7.65. The molecule has 0 bridgehead atoms. The first-order valence-corrected chi connectivity index (χ1v) is 5.09. The van der Waals surface area contributed by atoms with Crippen LogP contribution >= 0.6 is 0 Å². The standard InChI is InChI=1S/C12H19NO/c1-9(2)7-8-14-12-10(3)5-4-6-11(12)13/h4-6,9H,7-8,13H2,1-3H3. The number of hydrogen-bond acceptors (Lipinski definition) is 2. The molecule has 0 aliphatic heterocycles. The van der Waals surface area contributed by atoms with Crippen LogP contribution in [0.4, 0.5) is 5.69 Å². The van der Waals surface area contributed by atoms with E-state index in [1.165, 1.54) is 0 Å². The molecule has 0 amide bonds. The SMILES string of the molecule is Cc1cccc(N)c1OCCC(C)C. The number of anilines is 1. The topological polar surface area (TPSA) is 35.2 Å². The van der Waals surface area contributed by atoms with Gasteiger partial charge in [-0.2, -0.15) is 0 Å². The van der Waals surface area contributed by atoms with Gasteiger partial charge in [0, 0.05) is 0 Å². The van der Waals surface area contributed by atoms with Crippen molar-refractivity contribution < 1.29 is 4.74 Å². The summed E-state index contributed by atoms with van der Waals surface area (Å²) in [4.78, 5) is 0. The molecule has 1 aromatic rings. The van der Waals surface area contributed by atoms with E-state index < -0.39 is 0 Å². The molecule has 1 aromatic carbocycles. The summed E-state index contributed by atoms with van der Waals surface area (Å²) in [6, 6.07) is 5.83. The van der Waals surface area contributed by atoms with E-state index in [2.05, 4.69) is 13.8 Å². The Morgan fingerprint density at radius 3 is 2.64 bits per heavy atom. The highest BCUT2D eigenvalue weighted by molar-refractivity contribution is 5.56. The summed E-state index contributed by atoms with van der Waals surface area (Å²) in [6.45, 7) is 7.13. The maximum atomic E-state index is 5.81. The minimum Gasteiger partial charge on any atom is -0.491 e. The molecule has 0 saturated carbocycles. The molecule has 2 heteroatoms. The smallest absolute Gasteiger partial charge is 0.145 e. The third kappa shape index (κ3) is 2.95. The molecule has 0 atom stereocenters. The fourth-order valence-corrected chi connectivity index (χ4v) is 1.27. The Labute approximate surface area is 86.1 Å². The first-order valence-electron chi connectivity index (χ1n) is 5.09. The molecule has 0 aliphatic carbocycles. The molecule has 0 unspecified atom stereocenters. The van der Waals surface area contributed by atoms with E-state index in [9.17, 15) is 0 Å². The molecule has 14 heavy (non-hydrogen) atoms. The van der Waals surface area contributed by atoms with Crippen LogP contribution in [0.15, 0.2) is 18.2 Å². The van der Waals surface area contributed by atoms with Gasteiger partial charge in [-0.1, -0.05) is 26.0 Å². The van der Waals surface area contributed by atoms with Crippen LogP contribution in [0, 0.1) is 12.8 Å². The number of ether oxygens (including phenoxy) is 1. The van der Waals surface area contributed by atoms with Crippen molar-refractivity contribution in [1.82, 2.24) is 0 Å². The van der Waals surface area contributed by atoms with Gasteiger partial charge in [-0.3, -0.25) is 0 Å². The third-order valence-corrected chi connectivity index (χ3v) is 2.18. The predicted octanol–water partition coefficient (Wildman–Crippen LogP) is 3.00. The molecule has 0 saturated heterocycles. The molecular weight excluding hydrogens is 174 g/mol. The predicted molar refractivity (Wildman–Crippen MR) is 60.5 cm³/mol. The maximum Gasteiger partial charge on any atom is 0.145 e. The summed E-state index contributed by atoms with van der Waals surface area (Å²) in [5.74, 6) is 1.51. The highest BCUT2D eigenvalue weighted by atomic mass is 16.5. The van der Waals surface area contributed by atoms with Crippen molar-refractivity contribution >= 4 is 5.69 Å². The second kappa shape index (κ2) is 4.89. The van der Waals surface area contributed by atoms with E-state index in [-0.39, 0.29) is 0 Å². The monoisotopic (exact) mass is 193 g/mol. The van der Waals surface area contributed by atoms with Crippen molar-refractivity contribution in [2.24, 2.45) is 5.92 Å². The van der Waals surface area contributed by atoms with Crippen LogP contribution in [0.3, 0.4) is 0 Å². The zero-order valence-electron chi connectivity index (χ0n) is 9.21. The van der Waals surface area contributed by atoms with Gasteiger partial charge < -0.3 is 10.5 Å². The van der Waals surface area contributed by atoms with Gasteiger partial charge in [-0.15, -0.1) is 0 Å². The van der Waals surface area contributed by atoms with E-state index in [1.807, 2.05) is 25.1 Å². The van der Waals surface area contributed by atoms with Crippen LogP contribution in [0.2, 0.25) is 0 Å². The van der Waals surface area contributed by atoms with Crippen molar-refractivity contribution in [3.05, 3.63) is 23.8 Å². The molecule has 2 N–H and O–H groups in total. The van der Waals surface area contributed by atoms with E-state index in [1.54, 1.807) is 0 Å². The van der Waals surface area contributed by atoms with E-state index in [0.29, 0.717) is 5.92 Å². The Kier molecular flexibility index (Phi) is 3.81. The number of aryl methyl sites for hydroxylation is 1. The second-order valence-electron chi connectivity index (χ2n) is 4.02. The molecule has 0 fully saturated rings. The minimum atomic E-state index is 0.667. The van der Waals surface area contributed by atoms with Gasteiger partial charge >= 0.3 is 0 Å². The minimum absolute atomic E-state index is 0.667. The normalized spacial score (nSPS) is 10.6. The fraction of sp³-hybridized carbons (Fsp3) is 0.500. The van der Waals surface area contributed by atoms with Gasteiger partial charge in [0.2, 0.25) is 0 Å². The van der Waals surface area contributed by atoms with Crippen LogP contribution in [-0.2, 0) is 0 Å². The Morgan fingerprint density at radius 1 is 1.36 bits per heavy atom. The number of nitrogens with two attached hydrogens (primary N) is 1. The molecule has 1 rings (SSSR count). The molecule has 0 aliphatic rings. The highest BCUT2D eigenvalue weighted by Crippen LogP contribution is 2.25. The summed E-state index contributed by atoms with van der Waals surface area (Å²) < 4.78 is 5.65. The molecular formula is C12H19NO. The largest absolute Gasteiger partial charge is 0.491 e. The lowest BCUT2D eigenvalue weighted by molar-refractivity contribution is 0.289. The maximum absolute atomic E-state index is 5.81. The van der Waals surface area contributed by atoms with E-state index in [4.69, 9.17) is 10.5 Å². The third-order valence-electron chi connectivity index (χ3n) is 2.18. The van der Waals surface area contributed by atoms with Gasteiger partial charge in [0.15, 0.2) is 0 Å². The number of rotatable bonds is 4. The second-order valence-corrected chi connectivity index (χ2v) is 4.02. The van der Waals surface area contributed by atoms with Gasteiger partial charge in [-0.25, -0.2) is 0 Å². The Bertz CT molecular complexity index is 274. The van der Waals surface area contributed by atoms with Crippen molar-refractivity contribution in [1.29, 1.82) is 0 Å². The summed E-state index contributed by atoms with van der Waals surface area (Å²) >= 11 is 0. The van der Waals surface area contributed by atoms with Crippen LogP contribution in [0.25, 0.3) is 0 Å². The van der Waals surface area contributed by atoms with Crippen LogP contribution in [-0.4, -0.2) is 6.61 Å². The highest BCUT2D eigenvalue weighted by Gasteiger charge is 2.03. The zero-order valence-corrected chi connectivity index (χ0v) is 9.21. The lowest BCUT2D eigenvalue weighted by Crippen LogP contribution is -2.04. The Morgan fingerprint density at radius 2 is 2.07 bits per heavy atom. The molecule has 2 nitrogen and oxygen atoms in total. The van der Waals surface area contributed by atoms with Crippen molar-refractivity contribution in [3.8, 4) is 5.75 Å². The van der Waals surface area contributed by atoms with Crippen LogP contribution in [0.5, 0.6) is 5.75 Å². The summed E-state index contributed by atoms with van der Waals surface area (Å²) in [7, 11) is 0. The van der Waals surface area contributed by atoms with E-state index in [0.717, 1.165) is 30.0 Å². The Hall–Kier alpha value is -1.18. The summed E-state index contributed by atoms with van der Waals surface area (Å²) in [6.07, 6.45) is 1.06. The first kappa shape index (κ1) is 10.9. The van der Waals surface area contributed by atoms with Gasteiger partial charge in [0.25, 0.3) is 0 Å². The lowest BCUT2D eigenvalue weighted by atomic mass is 10.1. The average Bonchev–Trinajstić information content (AvgIpc) is 2.09. The fourth-order valence-electron chi connectivity index (χ4n) is 1.27. The van der Waals surface area contributed by atoms with Crippen molar-refractivity contribution in [2.45, 2.75) is 27.2 Å². The molecule has 78 valence electrons. The molecule has 0 aromatic heterocycles. The lowest BCUT2D eigenvalue weighted by Gasteiger charge is -2.12. The van der Waals surface area contributed by atoms with Gasteiger partial charge in [-0.05, 0) is 30.9 Å². The van der Waals surface area contributed by atoms with Gasteiger partial charge in [0.1, 0.15) is 5.75 Å². The molecule has 0 spiro atoms. The van der Waals surface area contributed by atoms with Crippen LogP contribution < -0.4 is 10.5 Å². The number of para-hydroxylation sites is 1. The number of nitrogen functional groups attached to an aromatic ring is 1. The number of benzene rings is 1. The van der Waals surface area contributed by atoms with Crippen molar-refractivity contribution in [2.75, 3.05) is 12.3 Å². The van der Waals surface area contributed by atoms with Crippen molar-refractivity contribution in [3.63, 3.8) is 0 Å². The Balaban J connectivity index is 2.58. The molecule has 0 radical (unpaired) electrons. The average molecular weight is 193 g/mol. The quantitative estimate of drug-likeness (QED) is 0.746. The van der Waals surface area contributed by atoms with Gasteiger partial charge in [0.05, 0.1) is 12.3 Å². The summed E-state index contributed by atoms with van der Waals surface area (Å²) in [5, 5.41) is 0. The van der Waals surface area contributed by atoms with Crippen LogP contribution in [0.1, 0.15) is 25.8 Å². The van der Waals surface area contributed by atoms with E-state index >= 15 is 0 Å².